The van der Waals surface area contributed by atoms with Gasteiger partial charge in [0.25, 0.3) is 0 Å². The van der Waals surface area contributed by atoms with Gasteiger partial charge in [0.2, 0.25) is 11.8 Å². The Bertz CT molecular complexity index is 366. The molecule has 1 aromatic rings. The van der Waals surface area contributed by atoms with Gasteiger partial charge < -0.3 is 9.42 Å². The lowest BCUT2D eigenvalue weighted by molar-refractivity contribution is -0.139. The van der Waals surface area contributed by atoms with Crippen molar-refractivity contribution in [3.8, 4) is 0 Å². The third-order valence-corrected chi connectivity index (χ3v) is 2.58. The molecule has 1 aliphatic heterocycles. The first kappa shape index (κ1) is 10.1. The third kappa shape index (κ3) is 1.86. The molecule has 2 rings (SSSR count). The minimum absolute atomic E-state index is 0.0652. The smallest absolute Gasteiger partial charge is 0.233 e. The molecule has 0 spiro atoms. The molecule has 2 heterocycles. The average molecular weight is 209 g/mol. The van der Waals surface area contributed by atoms with E-state index < -0.39 is 0 Å². The minimum Gasteiger partial charge on any atom is -0.341 e. The van der Waals surface area contributed by atoms with Gasteiger partial charge in [-0.25, -0.2) is 0 Å². The molecule has 0 N–H and O–H groups in total. The van der Waals surface area contributed by atoms with Crippen LogP contribution in [-0.2, 0) is 4.79 Å². The standard InChI is InChI=1S/C10H15N3O2/c1-6(2)10(14)13-4-8(5-13)9-11-7(3)12-15-9/h6,8H,4-5H2,1-3H3. The summed E-state index contributed by atoms with van der Waals surface area (Å²) in [5.41, 5.74) is 0. The van der Waals surface area contributed by atoms with Gasteiger partial charge in [0, 0.05) is 19.0 Å². The number of likely N-dealkylation sites (tertiary alicyclic amines) is 1. The highest BCUT2D eigenvalue weighted by Gasteiger charge is 2.35. The molecular formula is C10H15N3O2. The molecule has 1 aromatic heterocycles. The first-order valence-corrected chi connectivity index (χ1v) is 5.17. The van der Waals surface area contributed by atoms with E-state index in [0.29, 0.717) is 24.8 Å². The van der Waals surface area contributed by atoms with Crippen LogP contribution in [0.25, 0.3) is 0 Å². The van der Waals surface area contributed by atoms with Crippen LogP contribution < -0.4 is 0 Å². The van der Waals surface area contributed by atoms with Gasteiger partial charge in [0.05, 0.1) is 5.92 Å². The van der Waals surface area contributed by atoms with Crippen LogP contribution in [-0.4, -0.2) is 34.0 Å². The van der Waals surface area contributed by atoms with Gasteiger partial charge in [-0.05, 0) is 6.92 Å². The van der Waals surface area contributed by atoms with Crippen LogP contribution in [0, 0.1) is 12.8 Å². The van der Waals surface area contributed by atoms with Crippen molar-refractivity contribution in [1.82, 2.24) is 15.0 Å². The molecule has 15 heavy (non-hydrogen) atoms. The summed E-state index contributed by atoms with van der Waals surface area (Å²) in [6.45, 7) is 7.03. The lowest BCUT2D eigenvalue weighted by Crippen LogP contribution is -2.50. The zero-order chi connectivity index (χ0) is 11.0. The van der Waals surface area contributed by atoms with Crippen LogP contribution in [0.4, 0.5) is 0 Å². The molecule has 0 aromatic carbocycles. The molecule has 0 unspecified atom stereocenters. The van der Waals surface area contributed by atoms with Crippen molar-refractivity contribution in [3.63, 3.8) is 0 Å². The molecule has 0 atom stereocenters. The summed E-state index contributed by atoms with van der Waals surface area (Å²) in [4.78, 5) is 17.6. The van der Waals surface area contributed by atoms with Crippen molar-refractivity contribution in [2.24, 2.45) is 5.92 Å². The second-order valence-electron chi connectivity index (χ2n) is 4.27. The number of nitrogens with zero attached hydrogens (tertiary/aromatic N) is 3. The van der Waals surface area contributed by atoms with Crippen LogP contribution >= 0.6 is 0 Å². The fraction of sp³-hybridized carbons (Fsp3) is 0.700. The molecule has 0 aliphatic carbocycles. The monoisotopic (exact) mass is 209 g/mol. The van der Waals surface area contributed by atoms with Crippen LogP contribution in [0.2, 0.25) is 0 Å². The average Bonchev–Trinajstić information content (AvgIpc) is 2.49. The maximum Gasteiger partial charge on any atom is 0.233 e. The van der Waals surface area contributed by atoms with E-state index in [1.165, 1.54) is 0 Å². The van der Waals surface area contributed by atoms with Crippen LogP contribution in [0.5, 0.6) is 0 Å². The van der Waals surface area contributed by atoms with Crippen molar-refractivity contribution in [1.29, 1.82) is 0 Å². The van der Waals surface area contributed by atoms with Crippen molar-refractivity contribution in [3.05, 3.63) is 11.7 Å². The maximum absolute atomic E-state index is 11.6. The Kier molecular flexibility index (Phi) is 2.46. The summed E-state index contributed by atoms with van der Waals surface area (Å²) >= 11 is 0. The SMILES string of the molecule is Cc1noc(C2CN(C(=O)C(C)C)C2)n1. The molecule has 1 saturated heterocycles. The van der Waals surface area contributed by atoms with E-state index in [-0.39, 0.29) is 17.7 Å². The molecule has 0 saturated carbocycles. The summed E-state index contributed by atoms with van der Waals surface area (Å²) in [6, 6.07) is 0. The first-order chi connectivity index (χ1) is 7.08. The molecule has 0 bridgehead atoms. The van der Waals surface area contributed by atoms with E-state index >= 15 is 0 Å². The number of hydrogen-bond acceptors (Lipinski definition) is 4. The Morgan fingerprint density at radius 1 is 1.53 bits per heavy atom. The predicted molar refractivity (Wildman–Crippen MR) is 53.2 cm³/mol. The van der Waals surface area contributed by atoms with E-state index in [4.69, 9.17) is 4.52 Å². The molecular weight excluding hydrogens is 194 g/mol. The van der Waals surface area contributed by atoms with Crippen molar-refractivity contribution in [2.75, 3.05) is 13.1 Å². The summed E-state index contributed by atoms with van der Waals surface area (Å²) in [7, 11) is 0. The molecule has 1 amide bonds. The number of rotatable bonds is 2. The van der Waals surface area contributed by atoms with E-state index in [2.05, 4.69) is 10.1 Å². The minimum atomic E-state index is 0.0652. The number of carbonyl (C=O) groups excluding carboxylic acids is 1. The highest BCUT2D eigenvalue weighted by atomic mass is 16.5. The molecule has 5 nitrogen and oxygen atoms in total. The molecule has 5 heteroatoms. The first-order valence-electron chi connectivity index (χ1n) is 5.17. The van der Waals surface area contributed by atoms with E-state index in [1.807, 2.05) is 18.7 Å². The lowest BCUT2D eigenvalue weighted by atomic mass is 9.98. The molecule has 1 aliphatic rings. The Morgan fingerprint density at radius 2 is 2.20 bits per heavy atom. The number of aryl methyl sites for hydroxylation is 1. The van der Waals surface area contributed by atoms with E-state index in [0.717, 1.165) is 0 Å². The fourth-order valence-electron chi connectivity index (χ4n) is 1.66. The Balaban J connectivity index is 1.91. The normalized spacial score (nSPS) is 16.9. The lowest BCUT2D eigenvalue weighted by Gasteiger charge is -2.38. The van der Waals surface area contributed by atoms with Gasteiger partial charge in [-0.2, -0.15) is 4.98 Å². The summed E-state index contributed by atoms with van der Waals surface area (Å²) < 4.78 is 5.06. The number of amides is 1. The van der Waals surface area contributed by atoms with Gasteiger partial charge in [-0.1, -0.05) is 19.0 Å². The number of hydrogen-bond donors (Lipinski definition) is 0. The summed E-state index contributed by atoms with van der Waals surface area (Å²) in [5.74, 6) is 1.80. The van der Waals surface area contributed by atoms with Gasteiger partial charge in [-0.15, -0.1) is 0 Å². The highest BCUT2D eigenvalue weighted by molar-refractivity contribution is 5.79. The van der Waals surface area contributed by atoms with Gasteiger partial charge in [0.15, 0.2) is 5.82 Å². The van der Waals surface area contributed by atoms with Crippen molar-refractivity contribution < 1.29 is 9.32 Å². The molecule has 1 fully saturated rings. The fourth-order valence-corrected chi connectivity index (χ4v) is 1.66. The Labute approximate surface area is 88.5 Å². The summed E-state index contributed by atoms with van der Waals surface area (Å²) in [6.07, 6.45) is 0. The highest BCUT2D eigenvalue weighted by Crippen LogP contribution is 2.26. The predicted octanol–water partition coefficient (Wildman–Crippen LogP) is 0.960. The van der Waals surface area contributed by atoms with Gasteiger partial charge in [0.1, 0.15) is 0 Å². The number of aromatic nitrogens is 2. The molecule has 0 radical (unpaired) electrons. The summed E-state index contributed by atoms with van der Waals surface area (Å²) in [5, 5.41) is 3.73. The van der Waals surface area contributed by atoms with Crippen molar-refractivity contribution in [2.45, 2.75) is 26.7 Å². The molecule has 82 valence electrons. The van der Waals surface area contributed by atoms with E-state index in [9.17, 15) is 4.79 Å². The third-order valence-electron chi connectivity index (χ3n) is 2.58. The Morgan fingerprint density at radius 3 is 2.67 bits per heavy atom. The van der Waals surface area contributed by atoms with E-state index in [1.54, 1.807) is 6.92 Å². The van der Waals surface area contributed by atoms with Crippen molar-refractivity contribution >= 4 is 5.91 Å². The largest absolute Gasteiger partial charge is 0.341 e. The maximum atomic E-state index is 11.6. The van der Waals surface area contributed by atoms with Crippen LogP contribution in [0.15, 0.2) is 4.52 Å². The van der Waals surface area contributed by atoms with Crippen LogP contribution in [0.1, 0.15) is 31.5 Å². The zero-order valence-electron chi connectivity index (χ0n) is 9.23. The van der Waals surface area contributed by atoms with Gasteiger partial charge >= 0.3 is 0 Å². The van der Waals surface area contributed by atoms with Crippen LogP contribution in [0.3, 0.4) is 0 Å². The number of carbonyl (C=O) groups is 1. The quantitative estimate of drug-likeness (QED) is 0.728. The second-order valence-corrected chi connectivity index (χ2v) is 4.27. The topological polar surface area (TPSA) is 59.2 Å². The Hall–Kier alpha value is -1.39. The zero-order valence-corrected chi connectivity index (χ0v) is 9.23. The van der Waals surface area contributed by atoms with Gasteiger partial charge in [-0.3, -0.25) is 4.79 Å². The second kappa shape index (κ2) is 3.64.